The molecule has 2 aliphatic heterocycles. The Morgan fingerprint density at radius 2 is 2.26 bits per heavy atom. The van der Waals surface area contributed by atoms with Crippen molar-refractivity contribution >= 4 is 5.91 Å². The van der Waals surface area contributed by atoms with E-state index in [2.05, 4.69) is 4.98 Å². The Kier molecular flexibility index (Phi) is 4.69. The van der Waals surface area contributed by atoms with Crippen LogP contribution in [0.2, 0.25) is 0 Å². The second-order valence-corrected chi connectivity index (χ2v) is 7.08. The highest BCUT2D eigenvalue weighted by Crippen LogP contribution is 2.36. The summed E-state index contributed by atoms with van der Waals surface area (Å²) in [6.45, 7) is 8.51. The highest BCUT2D eigenvalue weighted by atomic mass is 16.5. The average Bonchev–Trinajstić information content (AvgIpc) is 2.50. The van der Waals surface area contributed by atoms with E-state index in [9.17, 15) is 4.79 Å². The topological polar surface area (TPSA) is 51.7 Å². The second-order valence-electron chi connectivity index (χ2n) is 7.08. The van der Waals surface area contributed by atoms with Gasteiger partial charge in [-0.1, -0.05) is 19.9 Å². The molecule has 1 amide bonds. The molecular weight excluding hydrogens is 292 g/mol. The monoisotopic (exact) mass is 318 g/mol. The molecular formula is C18H26N2O3. The molecule has 2 saturated heterocycles. The molecule has 1 aromatic rings. The maximum atomic E-state index is 12.0. The van der Waals surface area contributed by atoms with Gasteiger partial charge in [-0.25, -0.2) is 0 Å². The summed E-state index contributed by atoms with van der Waals surface area (Å²) < 4.78 is 12.0. The standard InChI is InChI=1S/C18H26N2O3/c1-13(2)17(21)20-11-18(12-20)9-16(7-8-23-18)22-10-15-6-4-5-14(3)19-15/h4-6,13,16H,7-12H2,1-3H3. The fourth-order valence-electron chi connectivity index (χ4n) is 3.40. The van der Waals surface area contributed by atoms with E-state index in [-0.39, 0.29) is 23.5 Å². The molecule has 1 spiro atoms. The van der Waals surface area contributed by atoms with Gasteiger partial charge in [0.2, 0.25) is 5.91 Å². The summed E-state index contributed by atoms with van der Waals surface area (Å²) >= 11 is 0. The summed E-state index contributed by atoms with van der Waals surface area (Å²) in [5, 5.41) is 0. The zero-order chi connectivity index (χ0) is 16.4. The summed E-state index contributed by atoms with van der Waals surface area (Å²) in [7, 11) is 0. The van der Waals surface area contributed by atoms with Crippen molar-refractivity contribution in [1.82, 2.24) is 9.88 Å². The molecule has 0 aromatic carbocycles. The van der Waals surface area contributed by atoms with Crippen molar-refractivity contribution in [3.05, 3.63) is 29.6 Å². The van der Waals surface area contributed by atoms with Gasteiger partial charge in [-0.3, -0.25) is 9.78 Å². The van der Waals surface area contributed by atoms with Crippen molar-refractivity contribution in [2.24, 2.45) is 5.92 Å². The van der Waals surface area contributed by atoms with Crippen LogP contribution in [0.5, 0.6) is 0 Å². The van der Waals surface area contributed by atoms with Crippen molar-refractivity contribution in [2.75, 3.05) is 19.7 Å². The minimum Gasteiger partial charge on any atom is -0.372 e. The van der Waals surface area contributed by atoms with Crippen LogP contribution in [0.3, 0.4) is 0 Å². The third kappa shape index (κ3) is 3.72. The molecule has 5 heteroatoms. The van der Waals surface area contributed by atoms with Gasteiger partial charge < -0.3 is 14.4 Å². The molecule has 23 heavy (non-hydrogen) atoms. The number of ether oxygens (including phenoxy) is 2. The summed E-state index contributed by atoms with van der Waals surface area (Å²) in [4.78, 5) is 18.4. The van der Waals surface area contributed by atoms with Crippen molar-refractivity contribution in [3.8, 4) is 0 Å². The van der Waals surface area contributed by atoms with E-state index in [1.165, 1.54) is 0 Å². The Balaban J connectivity index is 1.51. The van der Waals surface area contributed by atoms with Crippen LogP contribution in [0, 0.1) is 12.8 Å². The number of nitrogens with zero attached hydrogens (tertiary/aromatic N) is 2. The number of amides is 1. The SMILES string of the molecule is Cc1cccc(COC2CCOC3(C2)CN(C(=O)C(C)C)C3)n1. The Hall–Kier alpha value is -1.46. The Morgan fingerprint density at radius 1 is 1.48 bits per heavy atom. The maximum absolute atomic E-state index is 12.0. The molecule has 0 N–H and O–H groups in total. The van der Waals surface area contributed by atoms with E-state index in [0.29, 0.717) is 26.3 Å². The predicted molar refractivity (Wildman–Crippen MR) is 86.9 cm³/mol. The van der Waals surface area contributed by atoms with Gasteiger partial charge in [-0.2, -0.15) is 0 Å². The normalized spacial score (nSPS) is 23.1. The first-order valence-corrected chi connectivity index (χ1v) is 8.44. The van der Waals surface area contributed by atoms with Gasteiger partial charge in [0, 0.05) is 24.6 Å². The van der Waals surface area contributed by atoms with Crippen molar-refractivity contribution in [2.45, 2.75) is 51.9 Å². The molecule has 3 heterocycles. The van der Waals surface area contributed by atoms with E-state index in [0.717, 1.165) is 24.2 Å². The van der Waals surface area contributed by atoms with E-state index >= 15 is 0 Å². The minimum atomic E-state index is -0.187. The highest BCUT2D eigenvalue weighted by molar-refractivity contribution is 5.79. The number of likely N-dealkylation sites (tertiary alicyclic amines) is 1. The van der Waals surface area contributed by atoms with Crippen LogP contribution >= 0.6 is 0 Å². The van der Waals surface area contributed by atoms with E-state index in [1.807, 2.05) is 43.9 Å². The van der Waals surface area contributed by atoms with Gasteiger partial charge in [-0.15, -0.1) is 0 Å². The summed E-state index contributed by atoms with van der Waals surface area (Å²) in [5.41, 5.74) is 1.79. The van der Waals surface area contributed by atoms with Crippen LogP contribution in [0.25, 0.3) is 0 Å². The van der Waals surface area contributed by atoms with Crippen LogP contribution in [-0.2, 0) is 20.9 Å². The van der Waals surface area contributed by atoms with Crippen LogP contribution in [0.4, 0.5) is 0 Å². The van der Waals surface area contributed by atoms with E-state index in [4.69, 9.17) is 9.47 Å². The number of hydrogen-bond donors (Lipinski definition) is 0. The van der Waals surface area contributed by atoms with Crippen molar-refractivity contribution in [1.29, 1.82) is 0 Å². The number of hydrogen-bond acceptors (Lipinski definition) is 4. The second kappa shape index (κ2) is 6.57. The van der Waals surface area contributed by atoms with Gasteiger partial charge in [-0.05, 0) is 25.5 Å². The molecule has 2 aliphatic rings. The summed E-state index contributed by atoms with van der Waals surface area (Å²) in [5.74, 6) is 0.265. The highest BCUT2D eigenvalue weighted by Gasteiger charge is 2.49. The molecule has 1 aromatic heterocycles. The lowest BCUT2D eigenvalue weighted by Crippen LogP contribution is -2.67. The molecule has 2 fully saturated rings. The van der Waals surface area contributed by atoms with Gasteiger partial charge in [0.1, 0.15) is 5.60 Å². The van der Waals surface area contributed by atoms with Crippen molar-refractivity contribution in [3.63, 3.8) is 0 Å². The quantitative estimate of drug-likeness (QED) is 0.855. The minimum absolute atomic E-state index is 0.0513. The van der Waals surface area contributed by atoms with Crippen LogP contribution < -0.4 is 0 Å². The van der Waals surface area contributed by atoms with Crippen LogP contribution in [-0.4, -0.2) is 47.2 Å². The number of pyridine rings is 1. The van der Waals surface area contributed by atoms with Gasteiger partial charge in [0.05, 0.1) is 31.5 Å². The molecule has 1 unspecified atom stereocenters. The molecule has 0 radical (unpaired) electrons. The molecule has 3 rings (SSSR count). The average molecular weight is 318 g/mol. The van der Waals surface area contributed by atoms with Gasteiger partial charge in [0.25, 0.3) is 0 Å². The first kappa shape index (κ1) is 16.4. The van der Waals surface area contributed by atoms with E-state index in [1.54, 1.807) is 0 Å². The Labute approximate surface area is 138 Å². The number of aryl methyl sites for hydroxylation is 1. The molecule has 0 bridgehead atoms. The molecule has 0 saturated carbocycles. The smallest absolute Gasteiger partial charge is 0.225 e. The van der Waals surface area contributed by atoms with Gasteiger partial charge >= 0.3 is 0 Å². The first-order valence-electron chi connectivity index (χ1n) is 8.44. The van der Waals surface area contributed by atoms with Crippen molar-refractivity contribution < 1.29 is 14.3 Å². The molecule has 0 aliphatic carbocycles. The van der Waals surface area contributed by atoms with Gasteiger partial charge in [0.15, 0.2) is 0 Å². The Morgan fingerprint density at radius 3 is 2.96 bits per heavy atom. The van der Waals surface area contributed by atoms with E-state index < -0.39 is 0 Å². The number of aromatic nitrogens is 1. The number of rotatable bonds is 4. The van der Waals surface area contributed by atoms with Crippen LogP contribution in [0.15, 0.2) is 18.2 Å². The molecule has 5 nitrogen and oxygen atoms in total. The van der Waals surface area contributed by atoms with Crippen LogP contribution in [0.1, 0.15) is 38.1 Å². The fraction of sp³-hybridized carbons (Fsp3) is 0.667. The zero-order valence-corrected chi connectivity index (χ0v) is 14.2. The third-order valence-corrected chi connectivity index (χ3v) is 4.62. The lowest BCUT2D eigenvalue weighted by atomic mass is 9.84. The number of carbonyl (C=O) groups excluding carboxylic acids is 1. The zero-order valence-electron chi connectivity index (χ0n) is 14.2. The Bertz CT molecular complexity index is 567. The molecule has 1 atom stereocenters. The first-order chi connectivity index (χ1) is 11.0. The fourth-order valence-corrected chi connectivity index (χ4v) is 3.40. The lowest BCUT2D eigenvalue weighted by molar-refractivity contribution is -0.204. The largest absolute Gasteiger partial charge is 0.372 e. The summed E-state index contributed by atoms with van der Waals surface area (Å²) in [6, 6.07) is 5.99. The lowest BCUT2D eigenvalue weighted by Gasteiger charge is -2.53. The maximum Gasteiger partial charge on any atom is 0.225 e. The third-order valence-electron chi connectivity index (χ3n) is 4.62. The summed E-state index contributed by atoms with van der Waals surface area (Å²) in [6.07, 6.45) is 1.95. The molecule has 126 valence electrons. The number of carbonyl (C=O) groups is 1. The predicted octanol–water partition coefficient (Wildman–Crippen LogP) is 2.32.